The zero-order chi connectivity index (χ0) is 11.5. The van der Waals surface area contributed by atoms with Gasteiger partial charge in [0, 0.05) is 23.8 Å². The number of hydrogen-bond acceptors (Lipinski definition) is 2. The topological polar surface area (TPSA) is 12.5 Å². The first-order valence-electron chi connectivity index (χ1n) is 5.41. The molecule has 4 heteroatoms. The third-order valence-electron chi connectivity index (χ3n) is 2.90. The summed E-state index contributed by atoms with van der Waals surface area (Å²) in [7, 11) is 0. The molecular weight excluding hydrogens is 229 g/mol. The van der Waals surface area contributed by atoms with Crippen molar-refractivity contribution in [2.24, 2.45) is 0 Å². The average molecular weight is 244 g/mol. The van der Waals surface area contributed by atoms with Gasteiger partial charge in [-0.05, 0) is 19.1 Å². The molecule has 2 rings (SSSR count). The van der Waals surface area contributed by atoms with Gasteiger partial charge in [0.15, 0.2) is 0 Å². The van der Waals surface area contributed by atoms with Gasteiger partial charge in [-0.1, -0.05) is 6.07 Å². The van der Waals surface area contributed by atoms with Gasteiger partial charge >= 0.3 is 0 Å². The fraction of sp³-hybridized carbons (Fsp3) is 0.500. The summed E-state index contributed by atoms with van der Waals surface area (Å²) in [6, 6.07) is 5.36. The van der Waals surface area contributed by atoms with Crippen molar-refractivity contribution in [3.8, 4) is 0 Å². The molecule has 1 atom stereocenters. The van der Waals surface area contributed by atoms with Crippen LogP contribution in [0.1, 0.15) is 12.5 Å². The highest BCUT2D eigenvalue weighted by atomic mass is 35.5. The molecule has 0 aromatic heterocycles. The van der Waals surface area contributed by atoms with Crippen LogP contribution in [0.25, 0.3) is 0 Å². The van der Waals surface area contributed by atoms with E-state index < -0.39 is 0 Å². The van der Waals surface area contributed by atoms with Crippen LogP contribution in [0.3, 0.4) is 0 Å². The monoisotopic (exact) mass is 243 g/mol. The first kappa shape index (κ1) is 11.7. The van der Waals surface area contributed by atoms with Crippen LogP contribution in [-0.4, -0.2) is 25.8 Å². The zero-order valence-corrected chi connectivity index (χ0v) is 10.0. The number of rotatable bonds is 2. The molecule has 0 N–H and O–H groups in total. The van der Waals surface area contributed by atoms with Crippen molar-refractivity contribution in [3.63, 3.8) is 0 Å². The van der Waals surface area contributed by atoms with Crippen molar-refractivity contribution in [2.45, 2.75) is 18.8 Å². The van der Waals surface area contributed by atoms with Gasteiger partial charge in [-0.3, -0.25) is 0 Å². The molecule has 16 heavy (non-hydrogen) atoms. The van der Waals surface area contributed by atoms with Crippen LogP contribution in [0.5, 0.6) is 0 Å². The summed E-state index contributed by atoms with van der Waals surface area (Å²) in [6.45, 7) is 4.22. The van der Waals surface area contributed by atoms with Gasteiger partial charge in [-0.15, -0.1) is 11.6 Å². The molecule has 0 aliphatic carbocycles. The van der Waals surface area contributed by atoms with E-state index in [1.54, 1.807) is 6.07 Å². The lowest BCUT2D eigenvalue weighted by atomic mass is 10.1. The van der Waals surface area contributed by atoms with Crippen molar-refractivity contribution in [2.75, 3.05) is 24.7 Å². The van der Waals surface area contributed by atoms with Crippen LogP contribution in [0.4, 0.5) is 10.1 Å². The second-order valence-electron chi connectivity index (χ2n) is 3.99. The maximum atomic E-state index is 13.6. The van der Waals surface area contributed by atoms with E-state index in [1.165, 1.54) is 6.07 Å². The highest BCUT2D eigenvalue weighted by Crippen LogP contribution is 2.27. The van der Waals surface area contributed by atoms with Crippen LogP contribution in [0.2, 0.25) is 0 Å². The maximum Gasteiger partial charge on any atom is 0.129 e. The second kappa shape index (κ2) is 5.02. The number of benzene rings is 1. The molecule has 88 valence electrons. The fourth-order valence-corrected chi connectivity index (χ4v) is 2.30. The molecule has 1 aromatic carbocycles. The SMILES string of the molecule is CC1COCCN1c1cccc(F)c1CCl. The van der Waals surface area contributed by atoms with Crippen molar-refractivity contribution in [1.82, 2.24) is 0 Å². The molecule has 1 unspecified atom stereocenters. The van der Waals surface area contributed by atoms with Gasteiger partial charge in [0.1, 0.15) is 5.82 Å². The van der Waals surface area contributed by atoms with E-state index in [2.05, 4.69) is 11.8 Å². The van der Waals surface area contributed by atoms with Crippen molar-refractivity contribution in [3.05, 3.63) is 29.6 Å². The van der Waals surface area contributed by atoms with E-state index in [1.807, 2.05) is 6.07 Å². The molecule has 1 heterocycles. The third kappa shape index (κ3) is 2.15. The summed E-state index contributed by atoms with van der Waals surface area (Å²) in [5.74, 6) is -0.0299. The summed E-state index contributed by atoms with van der Waals surface area (Å²) in [5, 5.41) is 0. The number of halogens is 2. The van der Waals surface area contributed by atoms with Crippen LogP contribution in [0, 0.1) is 5.82 Å². The van der Waals surface area contributed by atoms with Gasteiger partial charge in [-0.2, -0.15) is 0 Å². The lowest BCUT2D eigenvalue weighted by molar-refractivity contribution is 0.0988. The molecule has 0 amide bonds. The highest BCUT2D eigenvalue weighted by Gasteiger charge is 2.22. The molecular formula is C12H15ClFNO. The number of anilines is 1. The van der Waals surface area contributed by atoms with E-state index in [9.17, 15) is 4.39 Å². The van der Waals surface area contributed by atoms with E-state index in [4.69, 9.17) is 16.3 Å². The van der Waals surface area contributed by atoms with Gasteiger partial charge in [-0.25, -0.2) is 4.39 Å². The number of alkyl halides is 1. The molecule has 1 fully saturated rings. The third-order valence-corrected chi connectivity index (χ3v) is 3.17. The fourth-order valence-electron chi connectivity index (χ4n) is 2.03. The Balaban J connectivity index is 2.34. The average Bonchev–Trinajstić information content (AvgIpc) is 2.29. The van der Waals surface area contributed by atoms with Gasteiger partial charge in [0.05, 0.1) is 19.1 Å². The Morgan fingerprint density at radius 1 is 1.56 bits per heavy atom. The minimum Gasteiger partial charge on any atom is -0.377 e. The van der Waals surface area contributed by atoms with Crippen LogP contribution in [-0.2, 0) is 10.6 Å². The largest absolute Gasteiger partial charge is 0.377 e. The minimum absolute atomic E-state index is 0.200. The summed E-state index contributed by atoms with van der Waals surface area (Å²) >= 11 is 5.81. The van der Waals surface area contributed by atoms with Crippen molar-refractivity contribution < 1.29 is 9.13 Å². The highest BCUT2D eigenvalue weighted by molar-refractivity contribution is 6.17. The Morgan fingerprint density at radius 3 is 3.06 bits per heavy atom. The zero-order valence-electron chi connectivity index (χ0n) is 9.25. The molecule has 1 saturated heterocycles. The Kier molecular flexibility index (Phi) is 3.66. The van der Waals surface area contributed by atoms with Crippen LogP contribution in [0.15, 0.2) is 18.2 Å². The number of nitrogens with zero attached hydrogens (tertiary/aromatic N) is 1. The predicted octanol–water partition coefficient (Wildman–Crippen LogP) is 2.79. The number of ether oxygens (including phenoxy) is 1. The molecule has 1 aliphatic rings. The first-order valence-corrected chi connectivity index (χ1v) is 5.95. The molecule has 0 saturated carbocycles. The van der Waals surface area contributed by atoms with E-state index in [0.717, 1.165) is 12.2 Å². The number of morpholine rings is 1. The Morgan fingerprint density at radius 2 is 2.38 bits per heavy atom. The molecule has 1 aromatic rings. The first-order chi connectivity index (χ1) is 7.74. The molecule has 0 radical (unpaired) electrons. The number of hydrogen-bond donors (Lipinski definition) is 0. The Bertz CT molecular complexity index is 372. The van der Waals surface area contributed by atoms with Gasteiger partial charge < -0.3 is 9.64 Å². The van der Waals surface area contributed by atoms with E-state index in [-0.39, 0.29) is 17.7 Å². The lowest BCUT2D eigenvalue weighted by Gasteiger charge is -2.36. The van der Waals surface area contributed by atoms with Crippen molar-refractivity contribution in [1.29, 1.82) is 0 Å². The molecule has 0 spiro atoms. The van der Waals surface area contributed by atoms with Gasteiger partial charge in [0.25, 0.3) is 0 Å². The smallest absolute Gasteiger partial charge is 0.129 e. The van der Waals surface area contributed by atoms with E-state index in [0.29, 0.717) is 18.8 Å². The molecule has 0 bridgehead atoms. The van der Waals surface area contributed by atoms with Crippen LogP contribution < -0.4 is 4.90 Å². The predicted molar refractivity (Wildman–Crippen MR) is 63.6 cm³/mol. The lowest BCUT2D eigenvalue weighted by Crippen LogP contribution is -2.44. The summed E-state index contributed by atoms with van der Waals surface area (Å²) < 4.78 is 19.0. The van der Waals surface area contributed by atoms with Crippen molar-refractivity contribution >= 4 is 17.3 Å². The molecule has 2 nitrogen and oxygen atoms in total. The standard InChI is InChI=1S/C12H15ClFNO/c1-9-8-16-6-5-15(9)12-4-2-3-11(14)10(12)7-13/h2-4,9H,5-8H2,1H3. The summed E-state index contributed by atoms with van der Waals surface area (Å²) in [4.78, 5) is 2.16. The maximum absolute atomic E-state index is 13.6. The normalized spacial score (nSPS) is 21.2. The minimum atomic E-state index is -0.230. The quantitative estimate of drug-likeness (QED) is 0.741. The Hall–Kier alpha value is -0.800. The van der Waals surface area contributed by atoms with Gasteiger partial charge in [0.2, 0.25) is 0 Å². The van der Waals surface area contributed by atoms with Crippen LogP contribution >= 0.6 is 11.6 Å². The second-order valence-corrected chi connectivity index (χ2v) is 4.26. The summed E-state index contributed by atoms with van der Waals surface area (Å²) in [6.07, 6.45) is 0. The van der Waals surface area contributed by atoms with E-state index >= 15 is 0 Å². The molecule has 1 aliphatic heterocycles. The Labute approximate surface area is 100.0 Å². The summed E-state index contributed by atoms with van der Waals surface area (Å²) in [5.41, 5.74) is 1.48.